The van der Waals surface area contributed by atoms with Crippen LogP contribution in [-0.4, -0.2) is 42.1 Å². The van der Waals surface area contributed by atoms with Crippen LogP contribution in [0.15, 0.2) is 24.3 Å². The van der Waals surface area contributed by atoms with E-state index in [0.717, 1.165) is 24.5 Å². The van der Waals surface area contributed by atoms with Gasteiger partial charge in [0.1, 0.15) is 11.3 Å². The van der Waals surface area contributed by atoms with E-state index in [1.54, 1.807) is 7.11 Å². The van der Waals surface area contributed by atoms with Crippen molar-refractivity contribution >= 4 is 11.6 Å². The number of likely N-dealkylation sites (tertiary alicyclic amines) is 1. The zero-order valence-corrected chi connectivity index (χ0v) is 14.0. The van der Waals surface area contributed by atoms with Gasteiger partial charge in [0.25, 0.3) is 0 Å². The van der Waals surface area contributed by atoms with Gasteiger partial charge in [-0.15, -0.1) is 0 Å². The van der Waals surface area contributed by atoms with Crippen LogP contribution in [0.4, 0.5) is 5.69 Å². The summed E-state index contributed by atoms with van der Waals surface area (Å²) in [5.41, 5.74) is 6.05. The fourth-order valence-electron chi connectivity index (χ4n) is 2.94. The number of piperidine rings is 1. The lowest BCUT2D eigenvalue weighted by Gasteiger charge is -2.45. The smallest absolute Gasteiger partial charge is 0.243 e. The van der Waals surface area contributed by atoms with Gasteiger partial charge in [-0.25, -0.2) is 0 Å². The van der Waals surface area contributed by atoms with Crippen molar-refractivity contribution in [3.05, 3.63) is 24.3 Å². The molecule has 1 fully saturated rings. The summed E-state index contributed by atoms with van der Waals surface area (Å²) in [5.74, 6) is 0.512. The quantitative estimate of drug-likeness (QED) is 0.895. The van der Waals surface area contributed by atoms with Crippen LogP contribution < -0.4 is 15.8 Å². The Morgan fingerprint density at radius 3 is 2.18 bits per heavy atom. The molecule has 0 spiro atoms. The van der Waals surface area contributed by atoms with E-state index >= 15 is 0 Å². The van der Waals surface area contributed by atoms with E-state index in [2.05, 4.69) is 31.0 Å². The molecule has 5 heteroatoms. The van der Waals surface area contributed by atoms with Gasteiger partial charge in [0.05, 0.1) is 7.11 Å². The van der Waals surface area contributed by atoms with Gasteiger partial charge >= 0.3 is 0 Å². The number of ether oxygens (including phenoxy) is 1. The number of hydrogen-bond donors (Lipinski definition) is 2. The number of nitrogens with zero attached hydrogens (tertiary/aromatic N) is 1. The average Bonchev–Trinajstić information content (AvgIpc) is 2.47. The lowest BCUT2D eigenvalue weighted by molar-refractivity contribution is -0.124. The number of carbonyl (C=O) groups is 1. The maximum absolute atomic E-state index is 12.1. The third kappa shape index (κ3) is 3.53. The van der Waals surface area contributed by atoms with E-state index < -0.39 is 5.54 Å². The van der Waals surface area contributed by atoms with Crippen molar-refractivity contribution in [2.24, 2.45) is 5.73 Å². The second-order valence-electron chi connectivity index (χ2n) is 6.96. The SMILES string of the molecule is COc1ccc(NC2(C(N)=O)CCN(C(C)(C)C)CC2)cc1. The molecule has 0 unspecified atom stereocenters. The van der Waals surface area contributed by atoms with Gasteiger partial charge in [0.15, 0.2) is 0 Å². The summed E-state index contributed by atoms with van der Waals surface area (Å²) < 4.78 is 5.16. The summed E-state index contributed by atoms with van der Waals surface area (Å²) in [7, 11) is 1.63. The first-order valence-electron chi connectivity index (χ1n) is 7.74. The van der Waals surface area contributed by atoms with E-state index in [9.17, 15) is 4.79 Å². The standard InChI is InChI=1S/C17H27N3O2/c1-16(2,3)20-11-9-17(10-12-20,15(18)21)19-13-5-7-14(22-4)8-6-13/h5-8,19H,9-12H2,1-4H3,(H2,18,21). The minimum Gasteiger partial charge on any atom is -0.497 e. The predicted octanol–water partition coefficient (Wildman–Crippen LogP) is 2.23. The second-order valence-corrected chi connectivity index (χ2v) is 6.96. The van der Waals surface area contributed by atoms with Crippen LogP contribution in [0.5, 0.6) is 5.75 Å². The molecule has 0 saturated carbocycles. The van der Waals surface area contributed by atoms with Gasteiger partial charge < -0.3 is 15.8 Å². The van der Waals surface area contributed by atoms with Crippen molar-refractivity contribution in [3.8, 4) is 5.75 Å². The molecule has 0 aliphatic carbocycles. The Morgan fingerprint density at radius 1 is 1.23 bits per heavy atom. The van der Waals surface area contributed by atoms with Crippen LogP contribution in [0.3, 0.4) is 0 Å². The fourth-order valence-corrected chi connectivity index (χ4v) is 2.94. The van der Waals surface area contributed by atoms with Gasteiger partial charge in [-0.05, 0) is 57.9 Å². The monoisotopic (exact) mass is 305 g/mol. The van der Waals surface area contributed by atoms with Gasteiger partial charge in [-0.1, -0.05) is 0 Å². The molecule has 1 aromatic carbocycles. The zero-order chi connectivity index (χ0) is 16.4. The number of carbonyl (C=O) groups excluding carboxylic acids is 1. The van der Waals surface area contributed by atoms with E-state index in [0.29, 0.717) is 12.8 Å². The molecule has 1 aliphatic rings. The van der Waals surface area contributed by atoms with Crippen molar-refractivity contribution in [2.45, 2.75) is 44.7 Å². The van der Waals surface area contributed by atoms with Gasteiger partial charge in [0, 0.05) is 24.3 Å². The number of hydrogen-bond acceptors (Lipinski definition) is 4. The fraction of sp³-hybridized carbons (Fsp3) is 0.588. The molecule has 5 nitrogen and oxygen atoms in total. The summed E-state index contributed by atoms with van der Waals surface area (Å²) in [6.45, 7) is 8.30. The van der Waals surface area contributed by atoms with Crippen molar-refractivity contribution in [1.29, 1.82) is 0 Å². The van der Waals surface area contributed by atoms with Gasteiger partial charge in [-0.3, -0.25) is 9.69 Å². The molecular formula is C17H27N3O2. The molecule has 2 rings (SSSR count). The van der Waals surface area contributed by atoms with E-state index in [1.807, 2.05) is 24.3 Å². The van der Waals surface area contributed by atoms with Crippen LogP contribution in [-0.2, 0) is 4.79 Å². The minimum atomic E-state index is -0.670. The van der Waals surface area contributed by atoms with E-state index in [-0.39, 0.29) is 11.4 Å². The zero-order valence-electron chi connectivity index (χ0n) is 14.0. The highest BCUT2D eigenvalue weighted by molar-refractivity contribution is 5.88. The van der Waals surface area contributed by atoms with Crippen LogP contribution in [0.2, 0.25) is 0 Å². The van der Waals surface area contributed by atoms with Gasteiger partial charge in [-0.2, -0.15) is 0 Å². The molecule has 0 radical (unpaired) electrons. The molecule has 122 valence electrons. The first-order valence-corrected chi connectivity index (χ1v) is 7.74. The van der Waals surface area contributed by atoms with Crippen LogP contribution in [0.25, 0.3) is 0 Å². The largest absolute Gasteiger partial charge is 0.497 e. The topological polar surface area (TPSA) is 67.6 Å². The molecule has 0 bridgehead atoms. The maximum atomic E-state index is 12.1. The number of primary amides is 1. The molecule has 22 heavy (non-hydrogen) atoms. The molecule has 1 aromatic rings. The molecule has 0 atom stereocenters. The van der Waals surface area contributed by atoms with Crippen molar-refractivity contribution in [3.63, 3.8) is 0 Å². The summed E-state index contributed by atoms with van der Waals surface area (Å²) in [5, 5.41) is 3.36. The number of rotatable bonds is 4. The maximum Gasteiger partial charge on any atom is 0.243 e. The first-order chi connectivity index (χ1) is 10.3. The Bertz CT molecular complexity index is 512. The summed E-state index contributed by atoms with van der Waals surface area (Å²) >= 11 is 0. The predicted molar refractivity (Wildman–Crippen MR) is 89.1 cm³/mol. The van der Waals surface area contributed by atoms with Crippen molar-refractivity contribution in [1.82, 2.24) is 4.90 Å². The number of benzene rings is 1. The Kier molecular flexibility index (Phi) is 4.66. The highest BCUT2D eigenvalue weighted by Crippen LogP contribution is 2.30. The van der Waals surface area contributed by atoms with E-state index in [1.165, 1.54) is 0 Å². The third-order valence-corrected chi connectivity index (χ3v) is 4.51. The Morgan fingerprint density at radius 2 is 1.77 bits per heavy atom. The molecule has 1 amide bonds. The number of nitrogens with one attached hydrogen (secondary N) is 1. The Labute approximate surface area is 132 Å². The highest BCUT2D eigenvalue weighted by atomic mass is 16.5. The number of methoxy groups -OCH3 is 1. The first kappa shape index (κ1) is 16.6. The molecule has 1 saturated heterocycles. The summed E-state index contributed by atoms with van der Waals surface area (Å²) in [6.07, 6.45) is 1.43. The minimum absolute atomic E-state index is 0.115. The average molecular weight is 305 g/mol. The van der Waals surface area contributed by atoms with Gasteiger partial charge in [0.2, 0.25) is 5.91 Å². The van der Waals surface area contributed by atoms with Crippen molar-refractivity contribution in [2.75, 3.05) is 25.5 Å². The molecule has 1 aliphatic heterocycles. The van der Waals surface area contributed by atoms with Crippen LogP contribution in [0.1, 0.15) is 33.6 Å². The van der Waals surface area contributed by atoms with Crippen LogP contribution in [0, 0.1) is 0 Å². The second kappa shape index (κ2) is 6.16. The highest BCUT2D eigenvalue weighted by Gasteiger charge is 2.41. The van der Waals surface area contributed by atoms with Crippen molar-refractivity contribution < 1.29 is 9.53 Å². The Hall–Kier alpha value is -1.75. The number of nitrogens with two attached hydrogens (primary N) is 1. The lowest BCUT2D eigenvalue weighted by Crippen LogP contribution is -2.59. The molecule has 1 heterocycles. The Balaban J connectivity index is 2.12. The van der Waals surface area contributed by atoms with Crippen LogP contribution >= 0.6 is 0 Å². The molecule has 0 aromatic heterocycles. The lowest BCUT2D eigenvalue weighted by atomic mass is 9.84. The summed E-state index contributed by atoms with van der Waals surface area (Å²) in [6, 6.07) is 7.59. The number of amides is 1. The van der Waals surface area contributed by atoms with E-state index in [4.69, 9.17) is 10.5 Å². The number of anilines is 1. The molecular weight excluding hydrogens is 278 g/mol. The summed E-state index contributed by atoms with van der Waals surface area (Å²) in [4.78, 5) is 14.5. The molecule has 3 N–H and O–H groups in total. The third-order valence-electron chi connectivity index (χ3n) is 4.51. The normalized spacial score (nSPS) is 18.7.